The summed E-state index contributed by atoms with van der Waals surface area (Å²) < 4.78 is 10.7. The second-order valence-corrected chi connectivity index (χ2v) is 7.73. The zero-order valence-corrected chi connectivity index (χ0v) is 16.1. The number of hydrogen-bond acceptors (Lipinski definition) is 5. The SMILES string of the molecule is COc1ccc2cc(CN3CCC[C@H](CN4CCOCC4)C3)c(=O)[nH]c2c1. The van der Waals surface area contributed by atoms with E-state index in [9.17, 15) is 4.79 Å². The van der Waals surface area contributed by atoms with Crippen LogP contribution in [0.1, 0.15) is 18.4 Å². The fraction of sp³-hybridized carbons (Fsp3) is 0.571. The molecule has 0 spiro atoms. The van der Waals surface area contributed by atoms with E-state index >= 15 is 0 Å². The first kappa shape index (κ1) is 18.5. The van der Waals surface area contributed by atoms with E-state index in [4.69, 9.17) is 9.47 Å². The molecular formula is C21H29N3O3. The van der Waals surface area contributed by atoms with Crippen LogP contribution in [0.4, 0.5) is 0 Å². The Morgan fingerprint density at radius 1 is 1.19 bits per heavy atom. The predicted molar refractivity (Wildman–Crippen MR) is 106 cm³/mol. The lowest BCUT2D eigenvalue weighted by Gasteiger charge is -2.36. The number of ether oxygens (including phenoxy) is 2. The predicted octanol–water partition coefficient (Wildman–Crippen LogP) is 2.08. The van der Waals surface area contributed by atoms with Gasteiger partial charge in [0.1, 0.15) is 5.75 Å². The van der Waals surface area contributed by atoms with Crippen LogP contribution in [0.15, 0.2) is 29.1 Å². The van der Waals surface area contributed by atoms with Gasteiger partial charge in [-0.25, -0.2) is 0 Å². The third kappa shape index (κ3) is 4.51. The highest BCUT2D eigenvalue weighted by atomic mass is 16.5. The Labute approximate surface area is 160 Å². The van der Waals surface area contributed by atoms with Crippen molar-refractivity contribution in [3.8, 4) is 5.75 Å². The number of piperidine rings is 1. The summed E-state index contributed by atoms with van der Waals surface area (Å²) in [5.74, 6) is 1.44. The van der Waals surface area contributed by atoms with Crippen LogP contribution in [-0.4, -0.2) is 67.8 Å². The molecule has 2 fully saturated rings. The number of likely N-dealkylation sites (tertiary alicyclic amines) is 1. The molecule has 1 aromatic heterocycles. The maximum atomic E-state index is 12.6. The Morgan fingerprint density at radius 3 is 2.85 bits per heavy atom. The van der Waals surface area contributed by atoms with E-state index in [2.05, 4.69) is 14.8 Å². The van der Waals surface area contributed by atoms with Gasteiger partial charge >= 0.3 is 0 Å². The molecular weight excluding hydrogens is 342 g/mol. The van der Waals surface area contributed by atoms with Crippen LogP contribution < -0.4 is 10.3 Å². The number of hydrogen-bond donors (Lipinski definition) is 1. The van der Waals surface area contributed by atoms with E-state index in [1.165, 1.54) is 12.8 Å². The lowest BCUT2D eigenvalue weighted by Crippen LogP contribution is -2.44. The van der Waals surface area contributed by atoms with Crippen LogP contribution >= 0.6 is 0 Å². The zero-order valence-electron chi connectivity index (χ0n) is 16.1. The third-order valence-electron chi connectivity index (χ3n) is 5.75. The molecule has 1 N–H and O–H groups in total. The molecule has 2 aliphatic heterocycles. The average molecular weight is 371 g/mol. The maximum Gasteiger partial charge on any atom is 0.252 e. The summed E-state index contributed by atoms with van der Waals surface area (Å²) in [6.45, 7) is 7.80. The molecule has 0 amide bonds. The van der Waals surface area contributed by atoms with Gasteiger partial charge in [0, 0.05) is 44.4 Å². The van der Waals surface area contributed by atoms with Crippen molar-refractivity contribution in [3.05, 3.63) is 40.2 Å². The first-order valence-corrected chi connectivity index (χ1v) is 9.93. The van der Waals surface area contributed by atoms with Gasteiger partial charge in [-0.3, -0.25) is 14.6 Å². The van der Waals surface area contributed by atoms with Gasteiger partial charge in [-0.05, 0) is 48.9 Å². The number of morpholine rings is 1. The minimum absolute atomic E-state index is 0.00561. The fourth-order valence-electron chi connectivity index (χ4n) is 4.30. The van der Waals surface area contributed by atoms with Crippen LogP contribution in [-0.2, 0) is 11.3 Å². The van der Waals surface area contributed by atoms with E-state index in [1.807, 2.05) is 24.3 Å². The van der Waals surface area contributed by atoms with Crippen molar-refractivity contribution in [2.75, 3.05) is 53.0 Å². The standard InChI is InChI=1S/C21H29N3O3/c1-26-19-5-4-17-11-18(21(25)22-20(17)12-19)15-24-6-2-3-16(14-24)13-23-7-9-27-10-8-23/h4-5,11-12,16H,2-3,6-10,13-15H2,1H3,(H,22,25)/t16-/m1/s1. The molecule has 0 aliphatic carbocycles. The van der Waals surface area contributed by atoms with E-state index in [0.717, 1.165) is 74.7 Å². The number of aromatic nitrogens is 1. The number of fused-ring (bicyclic) bond motifs is 1. The summed E-state index contributed by atoms with van der Waals surface area (Å²) in [5, 5.41) is 1.05. The van der Waals surface area contributed by atoms with E-state index in [-0.39, 0.29) is 5.56 Å². The molecule has 4 rings (SSSR count). The number of rotatable bonds is 5. The van der Waals surface area contributed by atoms with Crippen LogP contribution in [0.3, 0.4) is 0 Å². The molecule has 3 heterocycles. The van der Waals surface area contributed by atoms with Crippen LogP contribution in [0.2, 0.25) is 0 Å². The number of methoxy groups -OCH3 is 1. The molecule has 0 saturated carbocycles. The van der Waals surface area contributed by atoms with Crippen molar-refractivity contribution in [1.82, 2.24) is 14.8 Å². The van der Waals surface area contributed by atoms with Gasteiger partial charge in [0.2, 0.25) is 0 Å². The summed E-state index contributed by atoms with van der Waals surface area (Å²) in [4.78, 5) is 20.5. The van der Waals surface area contributed by atoms with Crippen molar-refractivity contribution in [2.24, 2.45) is 5.92 Å². The first-order valence-electron chi connectivity index (χ1n) is 9.93. The summed E-state index contributed by atoms with van der Waals surface area (Å²) in [5.41, 5.74) is 1.68. The highest BCUT2D eigenvalue weighted by Crippen LogP contribution is 2.22. The van der Waals surface area contributed by atoms with Gasteiger partial charge in [0.15, 0.2) is 0 Å². The minimum atomic E-state index is 0.00561. The summed E-state index contributed by atoms with van der Waals surface area (Å²) in [6.07, 6.45) is 2.49. The van der Waals surface area contributed by atoms with Gasteiger partial charge in [-0.15, -0.1) is 0 Å². The Balaban J connectivity index is 1.43. The summed E-state index contributed by atoms with van der Waals surface area (Å²) in [6, 6.07) is 7.84. The van der Waals surface area contributed by atoms with Crippen molar-refractivity contribution >= 4 is 10.9 Å². The molecule has 0 unspecified atom stereocenters. The second kappa shape index (κ2) is 8.42. The largest absolute Gasteiger partial charge is 0.497 e. The molecule has 0 radical (unpaired) electrons. The van der Waals surface area contributed by atoms with E-state index < -0.39 is 0 Å². The molecule has 1 atom stereocenters. The Bertz CT molecular complexity index is 829. The number of pyridine rings is 1. The van der Waals surface area contributed by atoms with Crippen molar-refractivity contribution in [3.63, 3.8) is 0 Å². The molecule has 146 valence electrons. The van der Waals surface area contributed by atoms with Gasteiger partial charge in [0.05, 0.1) is 25.8 Å². The smallest absolute Gasteiger partial charge is 0.252 e. The topological polar surface area (TPSA) is 57.8 Å². The quantitative estimate of drug-likeness (QED) is 0.872. The molecule has 2 aromatic rings. The normalized spacial score (nSPS) is 22.2. The monoisotopic (exact) mass is 371 g/mol. The van der Waals surface area contributed by atoms with Gasteiger partial charge in [-0.1, -0.05) is 0 Å². The highest BCUT2D eigenvalue weighted by Gasteiger charge is 2.23. The third-order valence-corrected chi connectivity index (χ3v) is 5.75. The van der Waals surface area contributed by atoms with Crippen LogP contribution in [0, 0.1) is 5.92 Å². The second-order valence-electron chi connectivity index (χ2n) is 7.73. The van der Waals surface area contributed by atoms with Crippen molar-refractivity contribution < 1.29 is 9.47 Å². The Kier molecular flexibility index (Phi) is 5.76. The molecule has 0 bridgehead atoms. The van der Waals surface area contributed by atoms with Crippen molar-refractivity contribution in [2.45, 2.75) is 19.4 Å². The minimum Gasteiger partial charge on any atom is -0.497 e. The lowest BCUT2D eigenvalue weighted by molar-refractivity contribution is 0.0224. The van der Waals surface area contributed by atoms with E-state index in [1.54, 1.807) is 7.11 Å². The fourth-order valence-corrected chi connectivity index (χ4v) is 4.30. The molecule has 27 heavy (non-hydrogen) atoms. The number of nitrogens with one attached hydrogen (secondary N) is 1. The molecule has 6 heteroatoms. The Morgan fingerprint density at radius 2 is 2.04 bits per heavy atom. The average Bonchev–Trinajstić information content (AvgIpc) is 2.69. The zero-order chi connectivity index (χ0) is 18.6. The Hall–Kier alpha value is -1.89. The van der Waals surface area contributed by atoms with Crippen LogP contribution in [0.25, 0.3) is 10.9 Å². The van der Waals surface area contributed by atoms with Gasteiger partial charge < -0.3 is 14.5 Å². The van der Waals surface area contributed by atoms with Crippen molar-refractivity contribution in [1.29, 1.82) is 0 Å². The number of benzene rings is 1. The number of H-pyrrole nitrogens is 1. The molecule has 1 aromatic carbocycles. The van der Waals surface area contributed by atoms with Crippen LogP contribution in [0.5, 0.6) is 5.75 Å². The number of nitrogens with zero attached hydrogens (tertiary/aromatic N) is 2. The first-order chi connectivity index (χ1) is 13.2. The molecule has 2 saturated heterocycles. The number of aromatic amines is 1. The van der Waals surface area contributed by atoms with Gasteiger partial charge in [-0.2, -0.15) is 0 Å². The van der Waals surface area contributed by atoms with Gasteiger partial charge in [0.25, 0.3) is 5.56 Å². The maximum absolute atomic E-state index is 12.6. The lowest BCUT2D eigenvalue weighted by atomic mass is 9.96. The summed E-state index contributed by atoms with van der Waals surface area (Å²) >= 11 is 0. The molecule has 6 nitrogen and oxygen atoms in total. The highest BCUT2D eigenvalue weighted by molar-refractivity contribution is 5.80. The summed E-state index contributed by atoms with van der Waals surface area (Å²) in [7, 11) is 1.64. The van der Waals surface area contributed by atoms with E-state index in [0.29, 0.717) is 5.92 Å². The molecule has 2 aliphatic rings.